The van der Waals surface area contributed by atoms with Crippen LogP contribution in [0.3, 0.4) is 0 Å². The van der Waals surface area contributed by atoms with Gasteiger partial charge < -0.3 is 20.6 Å². The van der Waals surface area contributed by atoms with Crippen LogP contribution in [0.5, 0.6) is 0 Å². The van der Waals surface area contributed by atoms with Crippen molar-refractivity contribution in [1.29, 1.82) is 0 Å². The molecule has 3 aromatic rings. The highest BCUT2D eigenvalue weighted by Gasteiger charge is 2.35. The molecule has 0 amide bonds. The van der Waals surface area contributed by atoms with Crippen molar-refractivity contribution in [2.24, 2.45) is 0 Å². The van der Waals surface area contributed by atoms with Crippen LogP contribution in [0.2, 0.25) is 0 Å². The number of sulfonamides is 1. The molecule has 2 fully saturated rings. The fourth-order valence-electron chi connectivity index (χ4n) is 5.08. The SMILES string of the molecule is CN(C)C1CC(Nc2ccc(-c3ccc(S(=O)(=O)N4CC[C@@H](Nc5ccc(C(F)(F)F)cn5)[C@@H](O)C4)cc3)cn2)C1. The number of hydrogen-bond acceptors (Lipinski definition) is 8. The van der Waals surface area contributed by atoms with Crippen molar-refractivity contribution >= 4 is 21.7 Å². The molecule has 5 rings (SSSR count). The number of β-amino-alcohol motifs (C(OH)–C–C–N with tert-alkyl or cyclic N) is 1. The summed E-state index contributed by atoms with van der Waals surface area (Å²) in [5.41, 5.74) is 0.813. The minimum absolute atomic E-state index is 0.107. The number of pyridine rings is 2. The predicted octanol–water partition coefficient (Wildman–Crippen LogP) is 3.90. The molecule has 0 bridgehead atoms. The first-order valence-electron chi connectivity index (χ1n) is 13.4. The molecule has 1 saturated heterocycles. The number of rotatable bonds is 8. The largest absolute Gasteiger partial charge is 0.417 e. The number of alkyl halides is 3. The maximum Gasteiger partial charge on any atom is 0.417 e. The average molecular weight is 591 g/mol. The summed E-state index contributed by atoms with van der Waals surface area (Å²) in [6.07, 6.45) is -0.684. The summed E-state index contributed by atoms with van der Waals surface area (Å²) in [6, 6.07) is 12.9. The Bertz CT molecular complexity index is 1430. The van der Waals surface area contributed by atoms with E-state index in [9.17, 15) is 26.7 Å². The molecule has 1 aliphatic heterocycles. The van der Waals surface area contributed by atoms with E-state index in [-0.39, 0.29) is 30.2 Å². The minimum atomic E-state index is -4.49. The number of nitrogens with one attached hydrogen (secondary N) is 2. The normalized spacial score (nSPS) is 23.7. The molecule has 2 atom stereocenters. The Morgan fingerprint density at radius 1 is 0.927 bits per heavy atom. The Hall–Kier alpha value is -3.26. The number of aliphatic hydroxyl groups is 1. The van der Waals surface area contributed by atoms with Crippen molar-refractivity contribution in [1.82, 2.24) is 19.2 Å². The quantitative estimate of drug-likeness (QED) is 0.363. The molecule has 0 spiro atoms. The van der Waals surface area contributed by atoms with Crippen LogP contribution in [-0.4, -0.2) is 84.1 Å². The molecule has 2 aliphatic rings. The van der Waals surface area contributed by atoms with E-state index in [1.807, 2.05) is 12.1 Å². The van der Waals surface area contributed by atoms with E-state index in [4.69, 9.17) is 0 Å². The standard InChI is InChI=1S/C28H33F3N6O3S/c1-36(2)22-13-21(14-22)34-26-9-5-19(15-32-26)18-3-7-23(8-4-18)41(39,40)37-12-11-24(25(38)17-37)35-27-10-6-20(16-33-27)28(29,30)31/h3-10,15-16,21-22,24-25,38H,11-14,17H2,1-2H3,(H,32,34)(H,33,35)/t21?,22?,24-,25+/m1/s1. The number of aromatic nitrogens is 2. The van der Waals surface area contributed by atoms with Gasteiger partial charge in [-0.3, -0.25) is 0 Å². The van der Waals surface area contributed by atoms with E-state index in [1.54, 1.807) is 18.3 Å². The minimum Gasteiger partial charge on any atom is -0.390 e. The van der Waals surface area contributed by atoms with Crippen molar-refractivity contribution in [3.05, 3.63) is 66.5 Å². The van der Waals surface area contributed by atoms with Gasteiger partial charge in [-0.25, -0.2) is 18.4 Å². The van der Waals surface area contributed by atoms with Gasteiger partial charge >= 0.3 is 6.18 Å². The molecule has 13 heteroatoms. The number of nitrogens with zero attached hydrogens (tertiary/aromatic N) is 4. The zero-order chi connectivity index (χ0) is 29.4. The van der Waals surface area contributed by atoms with Crippen LogP contribution in [0.15, 0.2) is 65.8 Å². The highest BCUT2D eigenvalue weighted by molar-refractivity contribution is 7.89. The number of benzene rings is 1. The van der Waals surface area contributed by atoms with Crippen molar-refractivity contribution < 1.29 is 26.7 Å². The molecule has 9 nitrogen and oxygen atoms in total. The van der Waals surface area contributed by atoms with Gasteiger partial charge in [-0.05, 0) is 75.3 Å². The monoisotopic (exact) mass is 590 g/mol. The molecule has 1 saturated carbocycles. The maximum absolute atomic E-state index is 13.3. The number of anilines is 2. The van der Waals surface area contributed by atoms with Crippen LogP contribution >= 0.6 is 0 Å². The summed E-state index contributed by atoms with van der Waals surface area (Å²) in [5.74, 6) is 0.981. The Morgan fingerprint density at radius 2 is 1.56 bits per heavy atom. The summed E-state index contributed by atoms with van der Waals surface area (Å²) in [7, 11) is 0.305. The van der Waals surface area contributed by atoms with Crippen LogP contribution < -0.4 is 10.6 Å². The summed E-state index contributed by atoms with van der Waals surface area (Å²) in [6.45, 7) is -0.0227. The van der Waals surface area contributed by atoms with Gasteiger partial charge in [-0.15, -0.1) is 0 Å². The number of aliphatic hydroxyl groups excluding tert-OH is 1. The molecule has 1 aliphatic carbocycles. The van der Waals surface area contributed by atoms with Gasteiger partial charge in [0.05, 0.1) is 22.6 Å². The molecule has 0 radical (unpaired) electrons. The summed E-state index contributed by atoms with van der Waals surface area (Å²) in [4.78, 5) is 10.6. The van der Waals surface area contributed by atoms with Gasteiger partial charge in [0, 0.05) is 43.1 Å². The van der Waals surface area contributed by atoms with Gasteiger partial charge in [0.1, 0.15) is 11.6 Å². The Morgan fingerprint density at radius 3 is 2.12 bits per heavy atom. The number of piperidine rings is 1. The van der Waals surface area contributed by atoms with Crippen molar-refractivity contribution in [3.63, 3.8) is 0 Å². The molecule has 0 unspecified atom stereocenters. The van der Waals surface area contributed by atoms with Crippen LogP contribution in [0.4, 0.5) is 24.8 Å². The molecular formula is C28H33F3N6O3S. The number of halogens is 3. The fourth-order valence-corrected chi connectivity index (χ4v) is 6.55. The molecular weight excluding hydrogens is 557 g/mol. The van der Waals surface area contributed by atoms with Crippen molar-refractivity contribution in [2.45, 2.75) is 54.6 Å². The Balaban J connectivity index is 1.17. The highest BCUT2D eigenvalue weighted by atomic mass is 32.2. The highest BCUT2D eigenvalue weighted by Crippen LogP contribution is 2.30. The third-order valence-electron chi connectivity index (χ3n) is 7.75. The Labute approximate surface area is 237 Å². The first kappa shape index (κ1) is 29.2. The van der Waals surface area contributed by atoms with Gasteiger partial charge in [-0.2, -0.15) is 17.5 Å². The molecule has 3 N–H and O–H groups in total. The molecule has 1 aromatic carbocycles. The van der Waals surface area contributed by atoms with Crippen LogP contribution in [0.25, 0.3) is 11.1 Å². The van der Waals surface area contributed by atoms with E-state index in [2.05, 4.69) is 39.6 Å². The maximum atomic E-state index is 13.3. The molecule has 2 aromatic heterocycles. The smallest absolute Gasteiger partial charge is 0.390 e. The fraction of sp³-hybridized carbons (Fsp3) is 0.429. The lowest BCUT2D eigenvalue weighted by Gasteiger charge is -2.40. The summed E-state index contributed by atoms with van der Waals surface area (Å²) >= 11 is 0. The lowest BCUT2D eigenvalue weighted by Crippen LogP contribution is -2.51. The van der Waals surface area contributed by atoms with Gasteiger partial charge in [0.2, 0.25) is 10.0 Å². The zero-order valence-corrected chi connectivity index (χ0v) is 23.5. The summed E-state index contributed by atoms with van der Waals surface area (Å²) in [5, 5.41) is 17.0. The lowest BCUT2D eigenvalue weighted by molar-refractivity contribution is -0.137. The van der Waals surface area contributed by atoms with Crippen molar-refractivity contribution in [3.8, 4) is 11.1 Å². The zero-order valence-electron chi connectivity index (χ0n) is 22.7. The van der Waals surface area contributed by atoms with Gasteiger partial charge in [-0.1, -0.05) is 12.1 Å². The first-order valence-corrected chi connectivity index (χ1v) is 14.8. The average Bonchev–Trinajstić information content (AvgIpc) is 2.91. The third-order valence-corrected chi connectivity index (χ3v) is 9.63. The van der Waals surface area contributed by atoms with Crippen LogP contribution in [-0.2, 0) is 16.2 Å². The van der Waals surface area contributed by atoms with E-state index < -0.39 is 33.9 Å². The van der Waals surface area contributed by atoms with Gasteiger partial charge in [0.15, 0.2) is 0 Å². The molecule has 3 heterocycles. The topological polar surface area (TPSA) is 111 Å². The predicted molar refractivity (Wildman–Crippen MR) is 150 cm³/mol. The third kappa shape index (κ3) is 6.64. The van der Waals surface area contributed by atoms with E-state index in [0.29, 0.717) is 12.1 Å². The molecule has 41 heavy (non-hydrogen) atoms. The second-order valence-corrected chi connectivity index (χ2v) is 12.7. The van der Waals surface area contributed by atoms with E-state index in [0.717, 1.165) is 42.0 Å². The Kier molecular flexibility index (Phi) is 8.24. The van der Waals surface area contributed by atoms with E-state index in [1.165, 1.54) is 22.5 Å². The van der Waals surface area contributed by atoms with Crippen LogP contribution in [0.1, 0.15) is 24.8 Å². The first-order chi connectivity index (χ1) is 19.4. The second kappa shape index (κ2) is 11.6. The van der Waals surface area contributed by atoms with E-state index >= 15 is 0 Å². The number of hydrogen-bond donors (Lipinski definition) is 3. The molecule has 220 valence electrons. The summed E-state index contributed by atoms with van der Waals surface area (Å²) < 4.78 is 66.1. The van der Waals surface area contributed by atoms with Crippen LogP contribution in [0, 0.1) is 0 Å². The second-order valence-electron chi connectivity index (χ2n) is 10.8. The van der Waals surface area contributed by atoms with Gasteiger partial charge in [0.25, 0.3) is 0 Å². The van der Waals surface area contributed by atoms with Crippen molar-refractivity contribution in [2.75, 3.05) is 37.8 Å². The lowest BCUT2D eigenvalue weighted by atomic mass is 9.86.